The third-order valence-electron chi connectivity index (χ3n) is 3.41. The highest BCUT2D eigenvalue weighted by Crippen LogP contribution is 2.24. The van der Waals surface area contributed by atoms with E-state index in [2.05, 4.69) is 21.3 Å². The van der Waals surface area contributed by atoms with E-state index in [-0.39, 0.29) is 11.6 Å². The van der Waals surface area contributed by atoms with Gasteiger partial charge in [-0.2, -0.15) is 5.10 Å². The average Bonchev–Trinajstić information content (AvgIpc) is 3.25. The highest BCUT2D eigenvalue weighted by Gasteiger charge is 2.26. The number of nitrogens with one attached hydrogen (secondary N) is 3. The van der Waals surface area contributed by atoms with Crippen molar-refractivity contribution in [3.8, 4) is 5.69 Å². The van der Waals surface area contributed by atoms with Crippen molar-refractivity contribution in [1.82, 2.24) is 25.9 Å². The Bertz CT molecular complexity index is 847. The summed E-state index contributed by atoms with van der Waals surface area (Å²) in [5.74, 6) is -2.34. The van der Waals surface area contributed by atoms with Crippen LogP contribution in [-0.4, -0.2) is 33.5 Å². The number of amides is 3. The van der Waals surface area contributed by atoms with Gasteiger partial charge in [0.15, 0.2) is 0 Å². The van der Waals surface area contributed by atoms with Gasteiger partial charge >= 0.3 is 11.8 Å². The molecular weight excluding hydrogens is 369 g/mol. The molecule has 2 aromatic rings. The Kier molecular flexibility index (Phi) is 4.91. The molecule has 1 aliphatic carbocycles. The zero-order valence-corrected chi connectivity index (χ0v) is 14.3. The van der Waals surface area contributed by atoms with Crippen LogP contribution in [0.15, 0.2) is 30.6 Å². The van der Waals surface area contributed by atoms with Gasteiger partial charge in [-0.25, -0.2) is 4.68 Å². The molecule has 0 spiro atoms. The number of hydrogen-bond acceptors (Lipinski definition) is 4. The van der Waals surface area contributed by atoms with Crippen LogP contribution < -0.4 is 16.2 Å². The standard InChI is InChI=1S/C15H13Cl2N5O3/c16-9-1-4-12(11(17)5-9)22-7-8(6-18-22)13(23)20-21-15(25)14(24)19-10-2-3-10/h1,4-7,10H,2-3H2,(H,19,24)(H,20,23)(H,21,25). The van der Waals surface area contributed by atoms with E-state index in [1.807, 2.05) is 0 Å². The second-order valence-corrected chi connectivity index (χ2v) is 6.27. The lowest BCUT2D eigenvalue weighted by Gasteiger charge is -2.06. The largest absolute Gasteiger partial charge is 0.345 e. The SMILES string of the molecule is O=C(NNC(=O)c1cnn(-c2ccc(Cl)cc2Cl)c1)C(=O)NC1CC1. The van der Waals surface area contributed by atoms with E-state index in [9.17, 15) is 14.4 Å². The smallest absolute Gasteiger partial charge is 0.327 e. The van der Waals surface area contributed by atoms with E-state index in [0.29, 0.717) is 15.7 Å². The Morgan fingerprint density at radius 2 is 1.88 bits per heavy atom. The molecule has 3 rings (SSSR count). The van der Waals surface area contributed by atoms with E-state index in [0.717, 1.165) is 12.8 Å². The van der Waals surface area contributed by atoms with Crippen molar-refractivity contribution in [1.29, 1.82) is 0 Å². The molecule has 0 bridgehead atoms. The van der Waals surface area contributed by atoms with Gasteiger partial charge in [0.25, 0.3) is 5.91 Å². The lowest BCUT2D eigenvalue weighted by atomic mass is 10.3. The number of carbonyl (C=O) groups excluding carboxylic acids is 3. The first-order valence-corrected chi connectivity index (χ1v) is 8.11. The Balaban J connectivity index is 1.60. The van der Waals surface area contributed by atoms with Crippen molar-refractivity contribution >= 4 is 40.9 Å². The van der Waals surface area contributed by atoms with Crippen LogP contribution in [0, 0.1) is 0 Å². The molecule has 1 aromatic carbocycles. The van der Waals surface area contributed by atoms with Crippen molar-refractivity contribution in [2.75, 3.05) is 0 Å². The highest BCUT2D eigenvalue weighted by atomic mass is 35.5. The van der Waals surface area contributed by atoms with Gasteiger partial charge in [0.2, 0.25) is 0 Å². The third kappa shape index (κ3) is 4.28. The minimum Gasteiger partial charge on any atom is -0.345 e. The molecule has 0 radical (unpaired) electrons. The predicted octanol–water partition coefficient (Wildman–Crippen LogP) is 1.22. The number of aromatic nitrogens is 2. The Morgan fingerprint density at radius 3 is 2.56 bits per heavy atom. The fourth-order valence-electron chi connectivity index (χ4n) is 1.96. The van der Waals surface area contributed by atoms with Gasteiger partial charge in [0.05, 0.1) is 22.5 Å². The molecule has 0 saturated heterocycles. The molecule has 25 heavy (non-hydrogen) atoms. The number of benzene rings is 1. The van der Waals surface area contributed by atoms with Crippen molar-refractivity contribution in [3.63, 3.8) is 0 Å². The van der Waals surface area contributed by atoms with Crippen molar-refractivity contribution in [2.24, 2.45) is 0 Å². The molecule has 1 aromatic heterocycles. The molecule has 3 amide bonds. The maximum atomic E-state index is 12.0. The van der Waals surface area contributed by atoms with Crippen molar-refractivity contribution in [3.05, 3.63) is 46.2 Å². The molecule has 1 fully saturated rings. The molecule has 8 nitrogen and oxygen atoms in total. The van der Waals surface area contributed by atoms with Crippen LogP contribution in [0.4, 0.5) is 0 Å². The summed E-state index contributed by atoms with van der Waals surface area (Å²) in [6.45, 7) is 0. The third-order valence-corrected chi connectivity index (χ3v) is 3.95. The van der Waals surface area contributed by atoms with E-state index < -0.39 is 17.7 Å². The monoisotopic (exact) mass is 381 g/mol. The minimum atomic E-state index is -0.937. The maximum Gasteiger partial charge on any atom is 0.327 e. The molecule has 0 unspecified atom stereocenters. The van der Waals surface area contributed by atoms with E-state index in [4.69, 9.17) is 23.2 Å². The summed E-state index contributed by atoms with van der Waals surface area (Å²) < 4.78 is 1.40. The van der Waals surface area contributed by atoms with E-state index >= 15 is 0 Å². The lowest BCUT2D eigenvalue weighted by molar-refractivity contribution is -0.139. The molecule has 10 heteroatoms. The first kappa shape index (κ1) is 17.2. The van der Waals surface area contributed by atoms with Crippen molar-refractivity contribution in [2.45, 2.75) is 18.9 Å². The average molecular weight is 382 g/mol. The highest BCUT2D eigenvalue weighted by molar-refractivity contribution is 6.36. The van der Waals surface area contributed by atoms with Crippen LogP contribution in [0.3, 0.4) is 0 Å². The Labute approximate surface area is 152 Å². The number of rotatable bonds is 3. The van der Waals surface area contributed by atoms with Crippen LogP contribution in [0.5, 0.6) is 0 Å². The summed E-state index contributed by atoms with van der Waals surface area (Å²) in [5, 5.41) is 7.40. The van der Waals surface area contributed by atoms with Gasteiger partial charge in [-0.15, -0.1) is 0 Å². The maximum absolute atomic E-state index is 12.0. The van der Waals surface area contributed by atoms with Gasteiger partial charge in [-0.1, -0.05) is 23.2 Å². The quantitative estimate of drug-likeness (QED) is 0.548. The number of hydrazine groups is 1. The number of nitrogens with zero attached hydrogens (tertiary/aromatic N) is 2. The van der Waals surface area contributed by atoms with Crippen LogP contribution >= 0.6 is 23.2 Å². The van der Waals surface area contributed by atoms with E-state index in [1.165, 1.54) is 17.1 Å². The summed E-state index contributed by atoms with van der Waals surface area (Å²) >= 11 is 11.9. The first-order chi connectivity index (χ1) is 11.9. The topological polar surface area (TPSA) is 105 Å². The molecule has 1 heterocycles. The minimum absolute atomic E-state index is 0.0521. The second kappa shape index (κ2) is 7.12. The molecule has 1 aliphatic rings. The second-order valence-electron chi connectivity index (χ2n) is 5.43. The summed E-state index contributed by atoms with van der Waals surface area (Å²) in [5.41, 5.74) is 4.92. The molecule has 0 atom stereocenters. The summed E-state index contributed by atoms with van der Waals surface area (Å²) in [6, 6.07) is 4.90. The molecule has 130 valence electrons. The van der Waals surface area contributed by atoms with Crippen LogP contribution in [0.1, 0.15) is 23.2 Å². The lowest BCUT2D eigenvalue weighted by Crippen LogP contribution is -2.48. The Morgan fingerprint density at radius 1 is 1.12 bits per heavy atom. The van der Waals surface area contributed by atoms with Crippen LogP contribution in [0.25, 0.3) is 5.69 Å². The number of halogens is 2. The van der Waals surface area contributed by atoms with Crippen LogP contribution in [0.2, 0.25) is 10.0 Å². The zero-order chi connectivity index (χ0) is 18.0. The molecule has 1 saturated carbocycles. The Hall–Kier alpha value is -2.58. The molecule has 3 N–H and O–H groups in total. The summed E-state index contributed by atoms with van der Waals surface area (Å²) in [4.78, 5) is 35.1. The summed E-state index contributed by atoms with van der Waals surface area (Å²) in [6.07, 6.45) is 4.45. The normalized spacial score (nSPS) is 13.2. The van der Waals surface area contributed by atoms with Gasteiger partial charge in [-0.05, 0) is 31.0 Å². The molecular formula is C15H13Cl2N5O3. The zero-order valence-electron chi connectivity index (χ0n) is 12.8. The van der Waals surface area contributed by atoms with Gasteiger partial charge in [0, 0.05) is 17.3 Å². The van der Waals surface area contributed by atoms with Gasteiger partial charge in [-0.3, -0.25) is 25.2 Å². The molecule has 0 aliphatic heterocycles. The predicted molar refractivity (Wildman–Crippen MR) is 90.4 cm³/mol. The first-order valence-electron chi connectivity index (χ1n) is 7.35. The number of hydrogen-bond donors (Lipinski definition) is 3. The summed E-state index contributed by atoms with van der Waals surface area (Å²) in [7, 11) is 0. The van der Waals surface area contributed by atoms with Gasteiger partial charge < -0.3 is 5.32 Å². The van der Waals surface area contributed by atoms with Crippen molar-refractivity contribution < 1.29 is 14.4 Å². The van der Waals surface area contributed by atoms with Gasteiger partial charge in [0.1, 0.15) is 0 Å². The number of carbonyl (C=O) groups is 3. The van der Waals surface area contributed by atoms with E-state index in [1.54, 1.807) is 18.2 Å². The fraction of sp³-hybridized carbons (Fsp3) is 0.200. The fourth-order valence-corrected chi connectivity index (χ4v) is 2.46. The van der Waals surface area contributed by atoms with Crippen LogP contribution in [-0.2, 0) is 9.59 Å².